The van der Waals surface area contributed by atoms with Gasteiger partial charge in [0.2, 0.25) is 0 Å². The van der Waals surface area contributed by atoms with Crippen molar-refractivity contribution in [1.29, 1.82) is 0 Å². The van der Waals surface area contributed by atoms with E-state index in [1.165, 1.54) is 0 Å². The number of hydrogen-bond donors (Lipinski definition) is 1. The Balaban J connectivity index is 2.71. The number of ether oxygens (including phenoxy) is 2. The van der Waals surface area contributed by atoms with Crippen LogP contribution in [0.1, 0.15) is 27.7 Å². The van der Waals surface area contributed by atoms with E-state index in [4.69, 9.17) is 14.6 Å². The van der Waals surface area contributed by atoms with Gasteiger partial charge in [0.05, 0.1) is 12.2 Å². The minimum absolute atomic E-state index is 0.0694. The smallest absolute Gasteiger partial charge is 0.156 e. The summed E-state index contributed by atoms with van der Waals surface area (Å²) in [6.07, 6.45) is 4.03. The van der Waals surface area contributed by atoms with E-state index in [0.29, 0.717) is 0 Å². The van der Waals surface area contributed by atoms with Crippen molar-refractivity contribution in [2.24, 2.45) is 11.8 Å². The fraction of sp³-hybridized carbons (Fsp3) is 0.833. The molecular weight excluding hydrogens is 192 g/mol. The fourth-order valence-electron chi connectivity index (χ4n) is 2.08. The van der Waals surface area contributed by atoms with Crippen molar-refractivity contribution in [3.63, 3.8) is 0 Å². The van der Waals surface area contributed by atoms with Crippen LogP contribution in [-0.2, 0) is 9.47 Å². The average Bonchev–Trinajstić information content (AvgIpc) is 2.22. The molecule has 3 nitrogen and oxygen atoms in total. The van der Waals surface area contributed by atoms with Gasteiger partial charge in [0.15, 0.2) is 6.29 Å². The van der Waals surface area contributed by atoms with Crippen LogP contribution < -0.4 is 0 Å². The van der Waals surface area contributed by atoms with E-state index in [1.54, 1.807) is 0 Å². The molecule has 88 valence electrons. The van der Waals surface area contributed by atoms with E-state index in [2.05, 4.69) is 13.0 Å². The maximum Gasteiger partial charge on any atom is 0.156 e. The van der Waals surface area contributed by atoms with Gasteiger partial charge in [-0.2, -0.15) is 0 Å². The molecule has 1 heterocycles. The Labute approximate surface area is 92.1 Å². The lowest BCUT2D eigenvalue weighted by molar-refractivity contribution is -0.258. The summed E-state index contributed by atoms with van der Waals surface area (Å²) < 4.78 is 11.4. The average molecular weight is 214 g/mol. The Bertz CT molecular complexity index is 215. The molecule has 0 aromatic heterocycles. The van der Waals surface area contributed by atoms with Crippen LogP contribution >= 0.6 is 0 Å². The highest BCUT2D eigenvalue weighted by Crippen LogP contribution is 2.29. The molecule has 0 aromatic carbocycles. The molecule has 0 bridgehead atoms. The molecular formula is C12H22O3. The van der Waals surface area contributed by atoms with Crippen LogP contribution in [0.2, 0.25) is 0 Å². The standard InChI is InChI=1S/C12H22O3/c1-5-6-11-9(3)12(8(2)7-13)15-10(4)14-11/h5-6,8-13H,7H2,1-4H3/b6-5+/t8-,9-,10?,11+,12-/m0/s1. The van der Waals surface area contributed by atoms with Gasteiger partial charge in [-0.1, -0.05) is 26.0 Å². The molecule has 1 aliphatic heterocycles. The lowest BCUT2D eigenvalue weighted by atomic mass is 9.88. The lowest BCUT2D eigenvalue weighted by Gasteiger charge is -2.40. The normalized spacial score (nSPS) is 39.5. The molecule has 0 saturated carbocycles. The number of aliphatic hydroxyl groups is 1. The first-order valence-electron chi connectivity index (χ1n) is 5.64. The van der Waals surface area contributed by atoms with Crippen LogP contribution in [0.15, 0.2) is 12.2 Å². The first kappa shape index (κ1) is 12.7. The van der Waals surface area contributed by atoms with Gasteiger partial charge < -0.3 is 14.6 Å². The van der Waals surface area contributed by atoms with Gasteiger partial charge in [0.25, 0.3) is 0 Å². The molecule has 1 saturated heterocycles. The quantitative estimate of drug-likeness (QED) is 0.730. The van der Waals surface area contributed by atoms with Gasteiger partial charge >= 0.3 is 0 Å². The van der Waals surface area contributed by atoms with Crippen molar-refractivity contribution in [2.75, 3.05) is 6.61 Å². The molecule has 0 spiro atoms. The monoisotopic (exact) mass is 214 g/mol. The minimum atomic E-state index is -0.193. The summed E-state index contributed by atoms with van der Waals surface area (Å²) in [6.45, 7) is 8.16. The molecule has 0 aliphatic carbocycles. The molecule has 0 amide bonds. The van der Waals surface area contributed by atoms with Crippen LogP contribution in [0, 0.1) is 11.8 Å². The Morgan fingerprint density at radius 1 is 1.33 bits per heavy atom. The fourth-order valence-corrected chi connectivity index (χ4v) is 2.08. The summed E-state index contributed by atoms with van der Waals surface area (Å²) in [5, 5.41) is 9.17. The summed E-state index contributed by atoms with van der Waals surface area (Å²) in [6, 6.07) is 0. The van der Waals surface area contributed by atoms with Gasteiger partial charge in [0.1, 0.15) is 0 Å². The second-order valence-electron chi connectivity index (χ2n) is 4.31. The van der Waals surface area contributed by atoms with Crippen LogP contribution in [-0.4, -0.2) is 30.2 Å². The summed E-state index contributed by atoms with van der Waals surface area (Å²) >= 11 is 0. The maximum atomic E-state index is 9.17. The van der Waals surface area contributed by atoms with E-state index in [9.17, 15) is 0 Å². The predicted molar refractivity (Wildman–Crippen MR) is 59.4 cm³/mol. The molecule has 0 aromatic rings. The molecule has 1 rings (SSSR count). The van der Waals surface area contributed by atoms with Gasteiger partial charge in [-0.25, -0.2) is 0 Å². The third kappa shape index (κ3) is 3.03. The molecule has 5 atom stereocenters. The zero-order valence-electron chi connectivity index (χ0n) is 10.0. The lowest BCUT2D eigenvalue weighted by Crippen LogP contribution is -2.46. The van der Waals surface area contributed by atoms with Crippen molar-refractivity contribution < 1.29 is 14.6 Å². The van der Waals surface area contributed by atoms with Crippen LogP contribution in [0.25, 0.3) is 0 Å². The number of aliphatic hydroxyl groups excluding tert-OH is 1. The third-order valence-corrected chi connectivity index (χ3v) is 2.96. The molecule has 15 heavy (non-hydrogen) atoms. The van der Waals surface area contributed by atoms with Crippen molar-refractivity contribution in [3.8, 4) is 0 Å². The van der Waals surface area contributed by atoms with E-state index >= 15 is 0 Å². The number of allylic oxidation sites excluding steroid dienone is 1. The van der Waals surface area contributed by atoms with E-state index in [-0.39, 0.29) is 36.9 Å². The third-order valence-electron chi connectivity index (χ3n) is 2.96. The Morgan fingerprint density at radius 3 is 2.53 bits per heavy atom. The topological polar surface area (TPSA) is 38.7 Å². The first-order chi connectivity index (χ1) is 7.10. The molecule has 1 fully saturated rings. The highest BCUT2D eigenvalue weighted by Gasteiger charge is 2.36. The highest BCUT2D eigenvalue weighted by molar-refractivity contribution is 4.95. The zero-order chi connectivity index (χ0) is 11.4. The zero-order valence-corrected chi connectivity index (χ0v) is 10.0. The summed E-state index contributed by atoms with van der Waals surface area (Å²) in [5.41, 5.74) is 0. The van der Waals surface area contributed by atoms with E-state index in [0.717, 1.165) is 0 Å². The number of rotatable bonds is 3. The summed E-state index contributed by atoms with van der Waals surface area (Å²) in [5.74, 6) is 0.429. The van der Waals surface area contributed by atoms with Crippen LogP contribution in [0.5, 0.6) is 0 Å². The predicted octanol–water partition coefficient (Wildman–Crippen LogP) is 1.96. The molecule has 1 aliphatic rings. The Morgan fingerprint density at radius 2 is 2.00 bits per heavy atom. The summed E-state index contributed by atoms with van der Waals surface area (Å²) in [7, 11) is 0. The molecule has 3 heteroatoms. The van der Waals surface area contributed by atoms with Crippen LogP contribution in [0.4, 0.5) is 0 Å². The second-order valence-corrected chi connectivity index (χ2v) is 4.31. The first-order valence-corrected chi connectivity index (χ1v) is 5.64. The molecule has 1 N–H and O–H groups in total. The van der Waals surface area contributed by atoms with E-state index < -0.39 is 0 Å². The van der Waals surface area contributed by atoms with Gasteiger partial charge in [0, 0.05) is 18.4 Å². The maximum absolute atomic E-state index is 9.17. The molecule has 0 radical (unpaired) electrons. The largest absolute Gasteiger partial charge is 0.396 e. The van der Waals surface area contributed by atoms with Gasteiger partial charge in [-0.15, -0.1) is 0 Å². The van der Waals surface area contributed by atoms with Crippen LogP contribution in [0.3, 0.4) is 0 Å². The minimum Gasteiger partial charge on any atom is -0.396 e. The Hall–Kier alpha value is -0.380. The number of hydrogen-bond acceptors (Lipinski definition) is 3. The second kappa shape index (κ2) is 5.64. The van der Waals surface area contributed by atoms with Crippen molar-refractivity contribution in [2.45, 2.75) is 46.2 Å². The van der Waals surface area contributed by atoms with Gasteiger partial charge in [-0.05, 0) is 13.8 Å². The SMILES string of the molecule is C/C=C/[C@H]1OC(C)O[C@@H]([C@@H](C)CO)[C@H]1C. The molecule has 1 unspecified atom stereocenters. The Kier molecular flexibility index (Phi) is 4.77. The summed E-state index contributed by atoms with van der Waals surface area (Å²) in [4.78, 5) is 0. The van der Waals surface area contributed by atoms with Crippen molar-refractivity contribution >= 4 is 0 Å². The van der Waals surface area contributed by atoms with Gasteiger partial charge in [-0.3, -0.25) is 0 Å². The van der Waals surface area contributed by atoms with Crippen molar-refractivity contribution in [1.82, 2.24) is 0 Å². The van der Waals surface area contributed by atoms with Crippen molar-refractivity contribution in [3.05, 3.63) is 12.2 Å². The highest BCUT2D eigenvalue weighted by atomic mass is 16.7. The van der Waals surface area contributed by atoms with E-state index in [1.807, 2.05) is 26.8 Å².